The molecule has 3 aliphatic rings. The number of barbiturate groups is 1. The number of fused-ring (bicyclic) bond motifs is 4. The molecule has 2 fully saturated rings. The van der Waals surface area contributed by atoms with Gasteiger partial charge in [-0.05, 0) is 55.2 Å². The zero-order valence-corrected chi connectivity index (χ0v) is 17.9. The molecule has 2 saturated heterocycles. The number of hydrogen-bond acceptors (Lipinski definition) is 5. The molecule has 2 N–H and O–H groups in total. The first-order chi connectivity index (χ1) is 14.3. The molecule has 1 aromatic rings. The zero-order chi connectivity index (χ0) is 21.6. The second kappa shape index (κ2) is 7.39. The van der Waals surface area contributed by atoms with Gasteiger partial charge in [0.1, 0.15) is 0 Å². The van der Waals surface area contributed by atoms with E-state index in [1.807, 2.05) is 18.2 Å². The summed E-state index contributed by atoms with van der Waals surface area (Å²) in [5.74, 6) is -0.834. The third-order valence-electron chi connectivity index (χ3n) is 6.29. The standard InChI is InChI=1S/C21H25N5O3S/c1-4-9-22-19(30)23-14-7-8-15-13(11-14)12-21(16-6-5-10-26(15)16)17(27)24(2)20(29)25(3)18(21)28/h4,7-8,11,16H,1,5-6,9-10,12H2,2-3H3,(H2,22,23,30). The Balaban J connectivity index is 1.74. The first-order valence-electron chi connectivity index (χ1n) is 9.97. The van der Waals surface area contributed by atoms with E-state index in [2.05, 4.69) is 22.1 Å². The van der Waals surface area contributed by atoms with E-state index >= 15 is 0 Å². The van der Waals surface area contributed by atoms with Crippen LogP contribution in [0.1, 0.15) is 18.4 Å². The number of amides is 4. The Morgan fingerprint density at radius 2 is 1.97 bits per heavy atom. The molecule has 0 bridgehead atoms. The third-order valence-corrected chi connectivity index (χ3v) is 6.54. The highest BCUT2D eigenvalue weighted by atomic mass is 32.1. The molecule has 1 atom stereocenters. The van der Waals surface area contributed by atoms with E-state index < -0.39 is 23.3 Å². The number of hydrogen-bond donors (Lipinski definition) is 2. The van der Waals surface area contributed by atoms with Crippen LogP contribution in [0.15, 0.2) is 30.9 Å². The summed E-state index contributed by atoms with van der Waals surface area (Å²) in [6.45, 7) is 4.97. The van der Waals surface area contributed by atoms with Gasteiger partial charge in [0.25, 0.3) is 0 Å². The van der Waals surface area contributed by atoms with Crippen molar-refractivity contribution in [3.8, 4) is 0 Å². The van der Waals surface area contributed by atoms with Crippen LogP contribution in [-0.4, -0.2) is 66.0 Å². The number of nitrogens with one attached hydrogen (secondary N) is 2. The predicted octanol–water partition coefficient (Wildman–Crippen LogP) is 1.72. The summed E-state index contributed by atoms with van der Waals surface area (Å²) < 4.78 is 0. The number of anilines is 2. The molecule has 0 saturated carbocycles. The monoisotopic (exact) mass is 427 g/mol. The predicted molar refractivity (Wildman–Crippen MR) is 118 cm³/mol. The maximum atomic E-state index is 13.4. The fraction of sp³-hybridized carbons (Fsp3) is 0.429. The van der Waals surface area contributed by atoms with Crippen molar-refractivity contribution in [2.24, 2.45) is 5.41 Å². The number of carbonyl (C=O) groups excluding carboxylic acids is 3. The Morgan fingerprint density at radius 3 is 2.63 bits per heavy atom. The Hall–Kier alpha value is -2.94. The Morgan fingerprint density at radius 1 is 1.27 bits per heavy atom. The van der Waals surface area contributed by atoms with Crippen molar-refractivity contribution in [1.82, 2.24) is 15.1 Å². The molecule has 9 heteroatoms. The maximum absolute atomic E-state index is 13.4. The van der Waals surface area contributed by atoms with Gasteiger partial charge >= 0.3 is 6.03 Å². The van der Waals surface area contributed by atoms with Crippen LogP contribution in [0.3, 0.4) is 0 Å². The molecule has 1 unspecified atom stereocenters. The van der Waals surface area contributed by atoms with Crippen LogP contribution in [0.5, 0.6) is 0 Å². The lowest BCUT2D eigenvalue weighted by molar-refractivity contribution is -0.159. The van der Waals surface area contributed by atoms with Crippen LogP contribution in [-0.2, 0) is 16.0 Å². The third kappa shape index (κ3) is 2.87. The quantitative estimate of drug-likeness (QED) is 0.432. The lowest BCUT2D eigenvalue weighted by Crippen LogP contribution is -2.70. The van der Waals surface area contributed by atoms with Crippen molar-refractivity contribution in [1.29, 1.82) is 0 Å². The number of carbonyl (C=O) groups is 3. The van der Waals surface area contributed by atoms with Gasteiger partial charge in [-0.3, -0.25) is 19.4 Å². The molecule has 30 heavy (non-hydrogen) atoms. The molecule has 1 aromatic carbocycles. The van der Waals surface area contributed by atoms with Gasteiger partial charge in [0.2, 0.25) is 11.8 Å². The Kier molecular flexibility index (Phi) is 5.01. The van der Waals surface area contributed by atoms with E-state index in [1.54, 1.807) is 6.08 Å². The minimum absolute atomic E-state index is 0.253. The number of nitrogens with zero attached hydrogens (tertiary/aromatic N) is 3. The van der Waals surface area contributed by atoms with E-state index in [4.69, 9.17) is 12.2 Å². The van der Waals surface area contributed by atoms with Crippen LogP contribution < -0.4 is 15.5 Å². The SMILES string of the molecule is C=CCNC(=S)Nc1ccc2c(c1)CC1(C(=O)N(C)C(=O)N(C)C1=O)C1CCCN21. The first-order valence-corrected chi connectivity index (χ1v) is 10.4. The van der Waals surface area contributed by atoms with Crippen molar-refractivity contribution in [3.63, 3.8) is 0 Å². The minimum atomic E-state index is -1.29. The molecule has 8 nitrogen and oxygen atoms in total. The molecule has 0 aliphatic carbocycles. The average molecular weight is 428 g/mol. The molecule has 4 rings (SSSR count). The van der Waals surface area contributed by atoms with Gasteiger partial charge in [0.05, 0.1) is 6.04 Å². The van der Waals surface area contributed by atoms with Gasteiger partial charge in [-0.15, -0.1) is 6.58 Å². The summed E-state index contributed by atoms with van der Waals surface area (Å²) in [6.07, 6.45) is 3.60. The lowest BCUT2D eigenvalue weighted by Gasteiger charge is -2.50. The van der Waals surface area contributed by atoms with Crippen LogP contribution in [0.2, 0.25) is 0 Å². The molecular weight excluding hydrogens is 402 g/mol. The summed E-state index contributed by atoms with van der Waals surface area (Å²) in [5, 5.41) is 6.62. The van der Waals surface area contributed by atoms with E-state index in [-0.39, 0.29) is 12.5 Å². The largest absolute Gasteiger partial charge is 0.367 e. The van der Waals surface area contributed by atoms with Gasteiger partial charge in [-0.25, -0.2) is 4.79 Å². The highest BCUT2D eigenvalue weighted by Gasteiger charge is 2.63. The molecule has 3 heterocycles. The van der Waals surface area contributed by atoms with Crippen molar-refractivity contribution < 1.29 is 14.4 Å². The molecule has 0 aromatic heterocycles. The topological polar surface area (TPSA) is 85.0 Å². The number of imide groups is 2. The van der Waals surface area contributed by atoms with E-state index in [9.17, 15) is 14.4 Å². The van der Waals surface area contributed by atoms with Crippen LogP contribution in [0.25, 0.3) is 0 Å². The maximum Gasteiger partial charge on any atom is 0.332 e. The van der Waals surface area contributed by atoms with Gasteiger partial charge in [0.15, 0.2) is 10.5 Å². The zero-order valence-electron chi connectivity index (χ0n) is 17.1. The number of rotatable bonds is 3. The van der Waals surface area contributed by atoms with E-state index in [0.29, 0.717) is 11.7 Å². The Bertz CT molecular complexity index is 938. The molecule has 158 valence electrons. The number of thiocarbonyl (C=S) groups is 1. The smallest absolute Gasteiger partial charge is 0.332 e. The average Bonchev–Trinajstić information content (AvgIpc) is 3.24. The second-order valence-corrected chi connectivity index (χ2v) is 8.39. The van der Waals surface area contributed by atoms with Crippen LogP contribution in [0, 0.1) is 5.41 Å². The highest BCUT2D eigenvalue weighted by Crippen LogP contribution is 2.49. The van der Waals surface area contributed by atoms with Crippen molar-refractivity contribution in [2.45, 2.75) is 25.3 Å². The van der Waals surface area contributed by atoms with Crippen molar-refractivity contribution in [3.05, 3.63) is 36.4 Å². The minimum Gasteiger partial charge on any atom is -0.367 e. The summed E-state index contributed by atoms with van der Waals surface area (Å²) in [6, 6.07) is 5.05. The van der Waals surface area contributed by atoms with Gasteiger partial charge in [-0.2, -0.15) is 0 Å². The summed E-state index contributed by atoms with van der Waals surface area (Å²) >= 11 is 5.29. The summed E-state index contributed by atoms with van der Waals surface area (Å²) in [4.78, 5) is 43.4. The lowest BCUT2D eigenvalue weighted by atomic mass is 9.68. The summed E-state index contributed by atoms with van der Waals surface area (Å²) in [7, 11) is 2.90. The molecule has 4 amide bonds. The highest BCUT2D eigenvalue weighted by molar-refractivity contribution is 7.80. The fourth-order valence-corrected chi connectivity index (χ4v) is 5.14. The van der Waals surface area contributed by atoms with E-state index in [1.165, 1.54) is 14.1 Å². The van der Waals surface area contributed by atoms with E-state index in [0.717, 1.165) is 46.1 Å². The van der Waals surface area contributed by atoms with Gasteiger partial charge < -0.3 is 15.5 Å². The number of urea groups is 1. The van der Waals surface area contributed by atoms with Gasteiger partial charge in [-0.1, -0.05) is 6.08 Å². The molecule has 3 aliphatic heterocycles. The van der Waals surface area contributed by atoms with Crippen molar-refractivity contribution >= 4 is 46.6 Å². The second-order valence-electron chi connectivity index (χ2n) is 7.98. The summed E-state index contributed by atoms with van der Waals surface area (Å²) in [5.41, 5.74) is 1.40. The Labute approximate surface area is 180 Å². The normalized spacial score (nSPS) is 22.1. The molecular formula is C21H25N5O3S. The first kappa shape index (κ1) is 20.3. The molecule has 0 radical (unpaired) electrons. The molecule has 1 spiro atoms. The van der Waals surface area contributed by atoms with Crippen molar-refractivity contribution in [2.75, 3.05) is 37.4 Å². The number of benzene rings is 1. The fourth-order valence-electron chi connectivity index (χ4n) is 4.94. The van der Waals surface area contributed by atoms with Crippen LogP contribution >= 0.6 is 12.2 Å². The van der Waals surface area contributed by atoms with Gasteiger partial charge in [0, 0.05) is 38.6 Å². The van der Waals surface area contributed by atoms with Crippen LogP contribution in [0.4, 0.5) is 16.2 Å².